The fraction of sp³-hybridized carbons (Fsp3) is 0.333. The van der Waals surface area contributed by atoms with Gasteiger partial charge in [-0.25, -0.2) is 8.42 Å². The fourth-order valence-corrected chi connectivity index (χ4v) is 2.11. The van der Waals surface area contributed by atoms with Gasteiger partial charge in [-0.1, -0.05) is 35.0 Å². The molecule has 0 spiro atoms. The van der Waals surface area contributed by atoms with Crippen LogP contribution in [0.5, 0.6) is 0 Å². The van der Waals surface area contributed by atoms with Gasteiger partial charge in [-0.15, -0.1) is 0 Å². The van der Waals surface area contributed by atoms with Gasteiger partial charge in [-0.3, -0.25) is 0 Å². The number of rotatable bonds is 3. The van der Waals surface area contributed by atoms with E-state index in [9.17, 15) is 8.42 Å². The maximum Gasteiger partial charge on any atom is 0.154 e. The van der Waals surface area contributed by atoms with E-state index in [4.69, 9.17) is 0 Å². The molecule has 0 heterocycles. The van der Waals surface area contributed by atoms with Gasteiger partial charge < -0.3 is 0 Å². The van der Waals surface area contributed by atoms with Crippen molar-refractivity contribution in [3.8, 4) is 0 Å². The van der Waals surface area contributed by atoms with E-state index in [0.717, 1.165) is 10.0 Å². The maximum absolute atomic E-state index is 11.2. The third kappa shape index (κ3) is 3.48. The SMILES string of the molecule is CCS(=O)(=O)Cc1ccc(Br)cc1. The lowest BCUT2D eigenvalue weighted by atomic mass is 10.2. The first-order valence-electron chi connectivity index (χ1n) is 3.98. The second-order valence-corrected chi connectivity index (χ2v) is 6.07. The molecule has 4 heteroatoms. The van der Waals surface area contributed by atoms with E-state index < -0.39 is 9.84 Å². The molecule has 0 radical (unpaired) electrons. The van der Waals surface area contributed by atoms with Crippen molar-refractivity contribution in [2.24, 2.45) is 0 Å². The van der Waals surface area contributed by atoms with Crippen LogP contribution in [-0.2, 0) is 15.6 Å². The zero-order valence-corrected chi connectivity index (χ0v) is 9.73. The lowest BCUT2D eigenvalue weighted by molar-refractivity contribution is 0.596. The summed E-state index contributed by atoms with van der Waals surface area (Å²) >= 11 is 3.29. The smallest absolute Gasteiger partial charge is 0.154 e. The average molecular weight is 263 g/mol. The highest BCUT2D eigenvalue weighted by molar-refractivity contribution is 9.10. The van der Waals surface area contributed by atoms with Crippen molar-refractivity contribution in [1.82, 2.24) is 0 Å². The minimum absolute atomic E-state index is 0.136. The van der Waals surface area contributed by atoms with Crippen molar-refractivity contribution in [2.45, 2.75) is 12.7 Å². The molecule has 0 saturated heterocycles. The average Bonchev–Trinajstić information content (AvgIpc) is 2.09. The van der Waals surface area contributed by atoms with E-state index in [-0.39, 0.29) is 11.5 Å². The van der Waals surface area contributed by atoms with Crippen LogP contribution in [0.25, 0.3) is 0 Å². The Labute approximate surface area is 87.0 Å². The lowest BCUT2D eigenvalue weighted by Crippen LogP contribution is -2.06. The van der Waals surface area contributed by atoms with Crippen molar-refractivity contribution in [2.75, 3.05) is 5.75 Å². The van der Waals surface area contributed by atoms with Crippen LogP contribution in [0.2, 0.25) is 0 Å². The molecule has 0 fully saturated rings. The second-order valence-electron chi connectivity index (χ2n) is 2.80. The Morgan fingerprint density at radius 1 is 1.23 bits per heavy atom. The molecule has 0 bridgehead atoms. The monoisotopic (exact) mass is 262 g/mol. The van der Waals surface area contributed by atoms with Gasteiger partial charge in [0.05, 0.1) is 5.75 Å². The van der Waals surface area contributed by atoms with Gasteiger partial charge >= 0.3 is 0 Å². The third-order valence-electron chi connectivity index (χ3n) is 1.74. The molecule has 0 atom stereocenters. The van der Waals surface area contributed by atoms with Crippen LogP contribution in [0, 0.1) is 0 Å². The highest BCUT2D eigenvalue weighted by Gasteiger charge is 2.07. The molecule has 1 rings (SSSR count). The fourth-order valence-electron chi connectivity index (χ4n) is 0.937. The molecule has 0 aromatic heterocycles. The molecule has 0 saturated carbocycles. The summed E-state index contributed by atoms with van der Waals surface area (Å²) in [4.78, 5) is 0. The first kappa shape index (κ1) is 10.7. The summed E-state index contributed by atoms with van der Waals surface area (Å²) in [6.45, 7) is 1.66. The van der Waals surface area contributed by atoms with E-state index in [2.05, 4.69) is 15.9 Å². The predicted octanol–water partition coefficient (Wildman–Crippen LogP) is 2.38. The van der Waals surface area contributed by atoms with Gasteiger partial charge in [0.1, 0.15) is 0 Å². The van der Waals surface area contributed by atoms with Crippen molar-refractivity contribution in [3.63, 3.8) is 0 Å². The topological polar surface area (TPSA) is 34.1 Å². The lowest BCUT2D eigenvalue weighted by Gasteiger charge is -2.01. The number of hydrogen-bond donors (Lipinski definition) is 0. The van der Waals surface area contributed by atoms with Crippen LogP contribution in [0.15, 0.2) is 28.7 Å². The van der Waals surface area contributed by atoms with Crippen molar-refractivity contribution in [1.29, 1.82) is 0 Å². The predicted molar refractivity (Wildman–Crippen MR) is 57.3 cm³/mol. The summed E-state index contributed by atoms with van der Waals surface area (Å²) in [6.07, 6.45) is 0. The Morgan fingerprint density at radius 3 is 2.23 bits per heavy atom. The molecule has 0 unspecified atom stereocenters. The largest absolute Gasteiger partial charge is 0.229 e. The number of hydrogen-bond acceptors (Lipinski definition) is 2. The van der Waals surface area contributed by atoms with Crippen LogP contribution >= 0.6 is 15.9 Å². The highest BCUT2D eigenvalue weighted by atomic mass is 79.9. The van der Waals surface area contributed by atoms with Gasteiger partial charge in [-0.2, -0.15) is 0 Å². The number of sulfone groups is 1. The molecule has 1 aromatic rings. The summed E-state index contributed by atoms with van der Waals surface area (Å²) in [5.41, 5.74) is 0.838. The Hall–Kier alpha value is -0.350. The van der Waals surface area contributed by atoms with Gasteiger partial charge in [0.15, 0.2) is 9.84 Å². The summed E-state index contributed by atoms with van der Waals surface area (Å²) in [5, 5.41) is 0. The van der Waals surface area contributed by atoms with Crippen LogP contribution in [0.3, 0.4) is 0 Å². The highest BCUT2D eigenvalue weighted by Crippen LogP contribution is 2.12. The second kappa shape index (κ2) is 4.24. The molecule has 72 valence electrons. The van der Waals surface area contributed by atoms with E-state index >= 15 is 0 Å². The third-order valence-corrected chi connectivity index (χ3v) is 3.92. The van der Waals surface area contributed by atoms with Crippen molar-refractivity contribution in [3.05, 3.63) is 34.3 Å². The summed E-state index contributed by atoms with van der Waals surface area (Å²) in [5.74, 6) is 0.333. The molecular weight excluding hydrogens is 252 g/mol. The summed E-state index contributed by atoms with van der Waals surface area (Å²) < 4.78 is 23.4. The van der Waals surface area contributed by atoms with Crippen LogP contribution in [-0.4, -0.2) is 14.2 Å². The van der Waals surface area contributed by atoms with Gasteiger partial charge in [-0.05, 0) is 17.7 Å². The molecule has 1 aromatic carbocycles. The quantitative estimate of drug-likeness (QED) is 0.839. The molecule has 0 aliphatic heterocycles. The molecule has 0 aliphatic rings. The van der Waals surface area contributed by atoms with E-state index in [1.165, 1.54) is 0 Å². The Balaban J connectivity index is 2.82. The Bertz CT molecular complexity index is 367. The van der Waals surface area contributed by atoms with Crippen molar-refractivity contribution < 1.29 is 8.42 Å². The minimum Gasteiger partial charge on any atom is -0.229 e. The zero-order valence-electron chi connectivity index (χ0n) is 7.33. The first-order chi connectivity index (χ1) is 6.03. The van der Waals surface area contributed by atoms with Gasteiger partial charge in [0.25, 0.3) is 0 Å². The van der Waals surface area contributed by atoms with Crippen LogP contribution in [0.4, 0.5) is 0 Å². The van der Waals surface area contributed by atoms with Crippen molar-refractivity contribution >= 4 is 25.8 Å². The first-order valence-corrected chi connectivity index (χ1v) is 6.60. The molecule has 0 aliphatic carbocycles. The number of halogens is 1. The van der Waals surface area contributed by atoms with Gasteiger partial charge in [0, 0.05) is 10.2 Å². The molecule has 13 heavy (non-hydrogen) atoms. The maximum atomic E-state index is 11.2. The zero-order chi connectivity index (χ0) is 9.90. The molecule has 0 N–H and O–H groups in total. The molecule has 2 nitrogen and oxygen atoms in total. The van der Waals surface area contributed by atoms with Crippen LogP contribution < -0.4 is 0 Å². The molecule has 0 amide bonds. The van der Waals surface area contributed by atoms with Gasteiger partial charge in [0.2, 0.25) is 0 Å². The van der Waals surface area contributed by atoms with Crippen LogP contribution in [0.1, 0.15) is 12.5 Å². The van der Waals surface area contributed by atoms with E-state index in [0.29, 0.717) is 0 Å². The minimum atomic E-state index is -2.90. The summed E-state index contributed by atoms with van der Waals surface area (Å²) in [6, 6.07) is 7.33. The normalized spacial score (nSPS) is 11.5. The Morgan fingerprint density at radius 2 is 1.77 bits per heavy atom. The Kier molecular flexibility index (Phi) is 3.50. The van der Waals surface area contributed by atoms with E-state index in [1.807, 2.05) is 24.3 Å². The van der Waals surface area contributed by atoms with E-state index in [1.54, 1.807) is 6.92 Å². The molecular formula is C9H11BrO2S. The standard InChI is InChI=1S/C9H11BrO2S/c1-2-13(11,12)7-8-3-5-9(10)6-4-8/h3-6H,2,7H2,1H3. The summed E-state index contributed by atoms with van der Waals surface area (Å²) in [7, 11) is -2.90. The number of benzene rings is 1.